The van der Waals surface area contributed by atoms with Crippen molar-refractivity contribution < 1.29 is 19.4 Å². The van der Waals surface area contributed by atoms with Gasteiger partial charge in [0.25, 0.3) is 0 Å². The van der Waals surface area contributed by atoms with E-state index in [-0.39, 0.29) is 44.6 Å². The van der Waals surface area contributed by atoms with Crippen LogP contribution in [0.4, 0.5) is 0 Å². The summed E-state index contributed by atoms with van der Waals surface area (Å²) in [5.41, 5.74) is 1.06. The number of hydrogen-bond acceptors (Lipinski definition) is 4. The van der Waals surface area contributed by atoms with Crippen LogP contribution in [0.3, 0.4) is 0 Å². The predicted octanol–water partition coefficient (Wildman–Crippen LogP) is 8.23. The van der Waals surface area contributed by atoms with E-state index in [0.29, 0.717) is 42.1 Å². The molecule has 0 unspecified atom stereocenters. The zero-order valence-corrected chi connectivity index (χ0v) is 29.7. The molecule has 12 atom stereocenters. The van der Waals surface area contributed by atoms with Crippen LogP contribution in [-0.4, -0.2) is 49.6 Å². The molecule has 4 aliphatic carbocycles. The number of rotatable bonds is 8. The van der Waals surface area contributed by atoms with E-state index >= 15 is 0 Å². The topological polar surface area (TPSA) is 67.8 Å². The summed E-state index contributed by atoms with van der Waals surface area (Å²) in [6.45, 7) is 28.0. The van der Waals surface area contributed by atoms with Crippen LogP contribution in [0.5, 0.6) is 0 Å². The molecule has 0 spiro atoms. The molecular weight excluding hydrogens is 534 g/mol. The first-order valence-corrected chi connectivity index (χ1v) is 17.7. The zero-order chi connectivity index (χ0) is 32.0. The molecule has 246 valence electrons. The molecule has 0 amide bonds. The van der Waals surface area contributed by atoms with Crippen molar-refractivity contribution in [2.75, 3.05) is 26.9 Å². The number of carboxylic acids is 1. The standard InChI is InChI=1S/C38H65NO4/c1-23(2)26(6)33(7)17-18-35(9)27-13-14-29-34(8)20-42-22-38(29,28(27)15-16-36(35,10)30(33)32(40)41)19-25(5)31(34)43-21-37(11,39-12)24(3)4/h15,23-27,29-31,39H,13-14,16-22H2,1-12H3,(H,40,41)/t25-,26-,27+,29+,30-,31+,33-,34-,35-,36+,37+,38+/m1/s1. The Morgan fingerprint density at radius 1 is 1.09 bits per heavy atom. The molecule has 5 aliphatic rings. The second kappa shape index (κ2) is 10.8. The van der Waals surface area contributed by atoms with E-state index in [1.807, 2.05) is 0 Å². The number of carboxylic acid groups (broad SMARTS) is 1. The van der Waals surface area contributed by atoms with Crippen molar-refractivity contribution in [3.8, 4) is 0 Å². The number of nitrogens with one attached hydrogen (secondary N) is 1. The van der Waals surface area contributed by atoms with E-state index in [9.17, 15) is 9.90 Å². The third kappa shape index (κ3) is 4.50. The number of hydrogen-bond donors (Lipinski definition) is 2. The van der Waals surface area contributed by atoms with Gasteiger partial charge in [-0.3, -0.25) is 4.79 Å². The predicted molar refractivity (Wildman–Crippen MR) is 175 cm³/mol. The smallest absolute Gasteiger partial charge is 0.307 e. The van der Waals surface area contributed by atoms with Gasteiger partial charge in [0.05, 0.1) is 31.8 Å². The Labute approximate surface area is 263 Å². The van der Waals surface area contributed by atoms with Crippen molar-refractivity contribution in [3.63, 3.8) is 0 Å². The van der Waals surface area contributed by atoms with Gasteiger partial charge in [-0.05, 0) is 104 Å². The van der Waals surface area contributed by atoms with Crippen molar-refractivity contribution >= 4 is 5.97 Å². The van der Waals surface area contributed by atoms with Gasteiger partial charge in [-0.15, -0.1) is 0 Å². The Morgan fingerprint density at radius 2 is 1.77 bits per heavy atom. The van der Waals surface area contributed by atoms with Gasteiger partial charge in [-0.1, -0.05) is 80.9 Å². The van der Waals surface area contributed by atoms with E-state index in [0.717, 1.165) is 45.3 Å². The fraction of sp³-hybridized carbons (Fsp3) is 0.921. The number of aliphatic carboxylic acids is 1. The summed E-state index contributed by atoms with van der Waals surface area (Å²) in [6.07, 6.45) is 9.16. The number of ether oxygens (including phenoxy) is 2. The largest absolute Gasteiger partial charge is 0.481 e. The van der Waals surface area contributed by atoms with E-state index in [4.69, 9.17) is 9.47 Å². The van der Waals surface area contributed by atoms with Crippen LogP contribution in [0.2, 0.25) is 0 Å². The first-order chi connectivity index (χ1) is 19.9. The highest BCUT2D eigenvalue weighted by atomic mass is 16.5. The summed E-state index contributed by atoms with van der Waals surface area (Å²) >= 11 is 0. The average Bonchev–Trinajstić information content (AvgIpc) is 2.92. The molecule has 0 aromatic heterocycles. The molecule has 1 heterocycles. The number of fused-ring (bicyclic) bond motifs is 3. The van der Waals surface area contributed by atoms with E-state index in [2.05, 4.69) is 94.6 Å². The van der Waals surface area contributed by atoms with Crippen LogP contribution in [0.25, 0.3) is 0 Å². The maximum absolute atomic E-state index is 13.3. The molecule has 5 heteroatoms. The molecular formula is C38H65NO4. The average molecular weight is 600 g/mol. The molecule has 43 heavy (non-hydrogen) atoms. The molecule has 2 bridgehead atoms. The van der Waals surface area contributed by atoms with E-state index < -0.39 is 5.97 Å². The Morgan fingerprint density at radius 3 is 2.35 bits per heavy atom. The lowest BCUT2D eigenvalue weighted by Crippen LogP contribution is -2.69. The van der Waals surface area contributed by atoms with E-state index in [1.165, 1.54) is 6.42 Å². The first-order valence-electron chi connectivity index (χ1n) is 17.7. The molecule has 2 N–H and O–H groups in total. The summed E-state index contributed by atoms with van der Waals surface area (Å²) in [5, 5.41) is 14.5. The van der Waals surface area contributed by atoms with Gasteiger partial charge < -0.3 is 19.9 Å². The third-order valence-electron chi connectivity index (χ3n) is 15.8. The van der Waals surface area contributed by atoms with Crippen molar-refractivity contribution in [1.29, 1.82) is 0 Å². The van der Waals surface area contributed by atoms with Crippen LogP contribution in [0.1, 0.15) is 115 Å². The highest BCUT2D eigenvalue weighted by Crippen LogP contribution is 2.75. The Balaban J connectivity index is 1.52. The van der Waals surface area contributed by atoms with Crippen molar-refractivity contribution in [2.24, 2.45) is 68.5 Å². The highest BCUT2D eigenvalue weighted by molar-refractivity contribution is 5.73. The third-order valence-corrected chi connectivity index (χ3v) is 15.8. The van der Waals surface area contributed by atoms with Crippen molar-refractivity contribution in [3.05, 3.63) is 11.6 Å². The molecule has 1 saturated heterocycles. The van der Waals surface area contributed by atoms with Gasteiger partial charge in [0.1, 0.15) is 0 Å². The fourth-order valence-electron chi connectivity index (χ4n) is 12.2. The molecule has 1 aliphatic heterocycles. The maximum Gasteiger partial charge on any atom is 0.307 e. The first kappa shape index (κ1) is 33.5. The number of allylic oxidation sites excluding steroid dienone is 1. The lowest BCUT2D eigenvalue weighted by molar-refractivity contribution is -0.253. The lowest BCUT2D eigenvalue weighted by Gasteiger charge is -2.71. The summed E-state index contributed by atoms with van der Waals surface area (Å²) < 4.78 is 13.6. The Hall–Kier alpha value is -0.910. The summed E-state index contributed by atoms with van der Waals surface area (Å²) in [5.74, 6) is 1.77. The summed E-state index contributed by atoms with van der Waals surface area (Å²) in [6, 6.07) is 0. The van der Waals surface area contributed by atoms with Crippen LogP contribution in [-0.2, 0) is 14.3 Å². The van der Waals surface area contributed by atoms with Gasteiger partial charge in [0.2, 0.25) is 0 Å². The second-order valence-electron chi connectivity index (χ2n) is 18.1. The molecule has 3 saturated carbocycles. The monoisotopic (exact) mass is 599 g/mol. The molecule has 5 nitrogen and oxygen atoms in total. The van der Waals surface area contributed by atoms with Gasteiger partial charge in [0, 0.05) is 16.4 Å². The highest BCUT2D eigenvalue weighted by Gasteiger charge is 2.71. The molecule has 4 fully saturated rings. The van der Waals surface area contributed by atoms with Gasteiger partial charge in [-0.2, -0.15) is 0 Å². The van der Waals surface area contributed by atoms with Gasteiger partial charge in [-0.25, -0.2) is 0 Å². The van der Waals surface area contributed by atoms with Crippen molar-refractivity contribution in [2.45, 2.75) is 126 Å². The van der Waals surface area contributed by atoms with Crippen LogP contribution in [0.15, 0.2) is 11.6 Å². The SMILES string of the molecule is CN[C@@](C)(CO[C@H]1[C@H](C)C[C@@]23COC[C@]1(C)[C@@H]2CC[C@H]1C3=CC[C@@]2(C)[C@H](C(=O)O)[C@@](C)([C@H](C)C(C)C)CC[C@]12C)C(C)C. The number of carbonyl (C=O) groups is 1. The number of likely N-dealkylation sites (N-methyl/N-ethyl adjacent to an activating group) is 1. The van der Waals surface area contributed by atoms with Crippen molar-refractivity contribution in [1.82, 2.24) is 5.32 Å². The molecule has 5 rings (SSSR count). The Kier molecular flexibility index (Phi) is 8.43. The van der Waals surface area contributed by atoms with Crippen LogP contribution < -0.4 is 5.32 Å². The normalized spacial score (nSPS) is 48.0. The quantitative estimate of drug-likeness (QED) is 0.275. The maximum atomic E-state index is 13.3. The minimum absolute atomic E-state index is 0.0313. The molecule has 0 aromatic carbocycles. The summed E-state index contributed by atoms with van der Waals surface area (Å²) in [7, 11) is 2.06. The van der Waals surface area contributed by atoms with E-state index in [1.54, 1.807) is 5.57 Å². The van der Waals surface area contributed by atoms with Crippen LogP contribution in [0, 0.1) is 68.5 Å². The minimum Gasteiger partial charge on any atom is -0.481 e. The zero-order valence-electron chi connectivity index (χ0n) is 29.7. The Bertz CT molecular complexity index is 1120. The molecule has 0 aromatic rings. The molecule has 0 radical (unpaired) electrons. The lowest BCUT2D eigenvalue weighted by atomic mass is 9.34. The fourth-order valence-corrected chi connectivity index (χ4v) is 12.2. The minimum atomic E-state index is -0.582. The van der Waals surface area contributed by atoms with Crippen LogP contribution >= 0.6 is 0 Å². The summed E-state index contributed by atoms with van der Waals surface area (Å²) in [4.78, 5) is 13.3. The van der Waals surface area contributed by atoms with Gasteiger partial charge >= 0.3 is 5.97 Å². The second-order valence-corrected chi connectivity index (χ2v) is 18.1. The van der Waals surface area contributed by atoms with Gasteiger partial charge in [0.15, 0.2) is 0 Å².